The van der Waals surface area contributed by atoms with Gasteiger partial charge in [0.05, 0.1) is 0 Å². The molecule has 0 radical (unpaired) electrons. The van der Waals surface area contributed by atoms with Crippen LogP contribution in [0.2, 0.25) is 0 Å². The Balaban J connectivity index is 3.89. The van der Waals surface area contributed by atoms with Crippen molar-refractivity contribution in [1.29, 1.82) is 0 Å². The summed E-state index contributed by atoms with van der Waals surface area (Å²) >= 11 is 0. The molecule has 0 aromatic heterocycles. The molecule has 0 aliphatic heterocycles. The van der Waals surface area contributed by atoms with E-state index in [-0.39, 0.29) is 16.9 Å². The Morgan fingerprint density at radius 3 is 2.50 bits per heavy atom. The van der Waals surface area contributed by atoms with Gasteiger partial charge in [-0.05, 0) is 13.0 Å². The van der Waals surface area contributed by atoms with Gasteiger partial charge in [-0.2, -0.15) is 0 Å². The molecule has 0 heterocycles. The summed E-state index contributed by atoms with van der Waals surface area (Å²) in [7, 11) is 0.667. The van der Waals surface area contributed by atoms with Gasteiger partial charge in [0.2, 0.25) is 5.91 Å². The lowest BCUT2D eigenvalue weighted by Crippen LogP contribution is -2.33. The Bertz CT molecular complexity index is 207. The minimum Gasteiger partial charge on any atom is -0.345 e. The van der Waals surface area contributed by atoms with Gasteiger partial charge in [0.25, 0.3) is 0 Å². The lowest BCUT2D eigenvalue weighted by atomic mass is 10.4. The second-order valence-corrected chi connectivity index (χ2v) is 5.52. The monoisotopic (exact) mass is 220 g/mol. The molecular formula is C9H20N2O2S. The molecule has 4 nitrogen and oxygen atoms in total. The molecule has 2 N–H and O–H groups in total. The molecule has 0 spiro atoms. The molecule has 0 saturated carbocycles. The van der Waals surface area contributed by atoms with E-state index in [1.54, 1.807) is 11.9 Å². The topological polar surface area (TPSA) is 63.4 Å². The molecule has 84 valence electrons. The van der Waals surface area contributed by atoms with E-state index in [9.17, 15) is 9.00 Å². The van der Waals surface area contributed by atoms with Crippen molar-refractivity contribution in [3.8, 4) is 0 Å². The second-order valence-electron chi connectivity index (χ2n) is 3.53. The van der Waals surface area contributed by atoms with Gasteiger partial charge < -0.3 is 10.6 Å². The fourth-order valence-corrected chi connectivity index (χ4v) is 1.65. The SMILES string of the molecule is CC(C)S(=O)CC(=O)N(C)CCCN. The predicted molar refractivity (Wildman–Crippen MR) is 59.5 cm³/mol. The van der Waals surface area contributed by atoms with E-state index in [4.69, 9.17) is 5.73 Å². The molecular weight excluding hydrogens is 200 g/mol. The van der Waals surface area contributed by atoms with Gasteiger partial charge in [-0.3, -0.25) is 9.00 Å². The van der Waals surface area contributed by atoms with Gasteiger partial charge in [0, 0.05) is 29.6 Å². The van der Waals surface area contributed by atoms with Gasteiger partial charge >= 0.3 is 0 Å². The minimum absolute atomic E-state index is 0.0434. The minimum atomic E-state index is -1.05. The molecule has 0 aromatic rings. The van der Waals surface area contributed by atoms with E-state index in [0.717, 1.165) is 6.42 Å². The van der Waals surface area contributed by atoms with Crippen molar-refractivity contribution in [2.45, 2.75) is 25.5 Å². The van der Waals surface area contributed by atoms with E-state index in [1.165, 1.54) is 0 Å². The van der Waals surface area contributed by atoms with E-state index in [2.05, 4.69) is 0 Å². The predicted octanol–water partition coefficient (Wildman–Crippen LogP) is -0.0493. The van der Waals surface area contributed by atoms with Gasteiger partial charge in [-0.1, -0.05) is 13.8 Å². The number of hydrogen-bond donors (Lipinski definition) is 1. The van der Waals surface area contributed by atoms with Gasteiger partial charge in [0.1, 0.15) is 5.75 Å². The van der Waals surface area contributed by atoms with E-state index >= 15 is 0 Å². The van der Waals surface area contributed by atoms with Gasteiger partial charge in [0.15, 0.2) is 0 Å². The highest BCUT2D eigenvalue weighted by Crippen LogP contribution is 1.97. The molecule has 5 heteroatoms. The Morgan fingerprint density at radius 2 is 2.07 bits per heavy atom. The number of nitrogens with zero attached hydrogens (tertiary/aromatic N) is 1. The second kappa shape index (κ2) is 6.95. The van der Waals surface area contributed by atoms with Crippen LogP contribution in [0.4, 0.5) is 0 Å². The molecule has 0 aromatic carbocycles. The first kappa shape index (κ1) is 13.6. The van der Waals surface area contributed by atoms with Crippen molar-refractivity contribution in [2.24, 2.45) is 5.73 Å². The Morgan fingerprint density at radius 1 is 1.50 bits per heavy atom. The van der Waals surface area contributed by atoms with Gasteiger partial charge in [-0.15, -0.1) is 0 Å². The van der Waals surface area contributed by atoms with Crippen LogP contribution in [0, 0.1) is 0 Å². The van der Waals surface area contributed by atoms with Crippen molar-refractivity contribution < 1.29 is 9.00 Å². The third kappa shape index (κ3) is 5.34. The van der Waals surface area contributed by atoms with Crippen LogP contribution in [-0.2, 0) is 15.6 Å². The quantitative estimate of drug-likeness (QED) is 0.682. The molecule has 0 aliphatic rings. The number of rotatable bonds is 6. The fraction of sp³-hybridized carbons (Fsp3) is 0.889. The summed E-state index contributed by atoms with van der Waals surface area (Å²) in [6.07, 6.45) is 0.788. The summed E-state index contributed by atoms with van der Waals surface area (Å²) < 4.78 is 11.4. The van der Waals surface area contributed by atoms with E-state index < -0.39 is 10.8 Å². The van der Waals surface area contributed by atoms with Crippen LogP contribution in [0.5, 0.6) is 0 Å². The third-order valence-electron chi connectivity index (χ3n) is 1.91. The summed E-state index contributed by atoms with van der Waals surface area (Å²) in [4.78, 5) is 13.0. The first-order chi connectivity index (χ1) is 6.49. The summed E-state index contributed by atoms with van der Waals surface area (Å²) in [5, 5.41) is 0.0434. The van der Waals surface area contributed by atoms with Crippen molar-refractivity contribution in [3.05, 3.63) is 0 Å². The lowest BCUT2D eigenvalue weighted by molar-refractivity contribution is -0.127. The number of hydrogen-bond acceptors (Lipinski definition) is 3. The van der Waals surface area contributed by atoms with Crippen molar-refractivity contribution in [2.75, 3.05) is 25.9 Å². The maximum Gasteiger partial charge on any atom is 0.234 e. The Hall–Kier alpha value is -0.420. The maximum atomic E-state index is 11.5. The van der Waals surface area contributed by atoms with Crippen LogP contribution < -0.4 is 5.73 Å². The zero-order valence-electron chi connectivity index (χ0n) is 9.16. The number of carbonyl (C=O) groups excluding carboxylic acids is 1. The van der Waals surface area contributed by atoms with Crippen molar-refractivity contribution in [1.82, 2.24) is 4.90 Å². The molecule has 0 aliphatic carbocycles. The Labute approximate surface area is 88.3 Å². The first-order valence-electron chi connectivity index (χ1n) is 4.80. The summed E-state index contributed by atoms with van der Waals surface area (Å²) in [6, 6.07) is 0. The van der Waals surface area contributed by atoms with E-state index in [1.807, 2.05) is 13.8 Å². The summed E-state index contributed by atoms with van der Waals surface area (Å²) in [5.41, 5.74) is 5.33. The highest BCUT2D eigenvalue weighted by atomic mass is 32.2. The third-order valence-corrected chi connectivity index (χ3v) is 3.50. The normalized spacial score (nSPS) is 12.9. The zero-order valence-corrected chi connectivity index (χ0v) is 9.97. The zero-order chi connectivity index (χ0) is 11.1. The molecule has 1 amide bonds. The van der Waals surface area contributed by atoms with Gasteiger partial charge in [-0.25, -0.2) is 0 Å². The van der Waals surface area contributed by atoms with Crippen LogP contribution in [0.25, 0.3) is 0 Å². The molecule has 1 unspecified atom stereocenters. The lowest BCUT2D eigenvalue weighted by Gasteiger charge is -2.16. The van der Waals surface area contributed by atoms with Crippen LogP contribution in [0.3, 0.4) is 0 Å². The van der Waals surface area contributed by atoms with Crippen LogP contribution in [-0.4, -0.2) is 46.2 Å². The molecule has 0 rings (SSSR count). The van der Waals surface area contributed by atoms with Crippen molar-refractivity contribution in [3.63, 3.8) is 0 Å². The standard InChI is InChI=1S/C9H20N2O2S/c1-8(2)14(13)7-9(12)11(3)6-4-5-10/h8H,4-7,10H2,1-3H3. The molecule has 0 fully saturated rings. The number of nitrogens with two attached hydrogens (primary N) is 1. The van der Waals surface area contributed by atoms with Crippen LogP contribution in [0.1, 0.15) is 20.3 Å². The molecule has 0 bridgehead atoms. The molecule has 1 atom stereocenters. The molecule has 0 saturated heterocycles. The number of carbonyl (C=O) groups is 1. The maximum absolute atomic E-state index is 11.5. The van der Waals surface area contributed by atoms with Crippen LogP contribution in [0.15, 0.2) is 0 Å². The average molecular weight is 220 g/mol. The smallest absolute Gasteiger partial charge is 0.234 e. The largest absolute Gasteiger partial charge is 0.345 e. The average Bonchev–Trinajstić information content (AvgIpc) is 2.13. The van der Waals surface area contributed by atoms with E-state index in [0.29, 0.717) is 13.1 Å². The fourth-order valence-electron chi connectivity index (χ4n) is 0.852. The number of amides is 1. The summed E-state index contributed by atoms with van der Waals surface area (Å²) in [6.45, 7) is 4.92. The summed E-state index contributed by atoms with van der Waals surface area (Å²) in [5.74, 6) is 0.0594. The Kier molecular flexibility index (Phi) is 6.74. The highest BCUT2D eigenvalue weighted by molar-refractivity contribution is 7.86. The van der Waals surface area contributed by atoms with Crippen molar-refractivity contribution >= 4 is 16.7 Å². The highest BCUT2D eigenvalue weighted by Gasteiger charge is 2.14. The first-order valence-corrected chi connectivity index (χ1v) is 6.18. The molecule has 14 heavy (non-hydrogen) atoms. The van der Waals surface area contributed by atoms with Crippen LogP contribution >= 0.6 is 0 Å².